The molecule has 1 heterocycles. The number of rotatable bonds is 5. The second-order valence-corrected chi connectivity index (χ2v) is 6.71. The third-order valence-corrected chi connectivity index (χ3v) is 5.10. The van der Waals surface area contributed by atoms with Crippen LogP contribution in [0.1, 0.15) is 15.9 Å². The summed E-state index contributed by atoms with van der Waals surface area (Å²) in [7, 11) is 3.06. The van der Waals surface area contributed by atoms with Gasteiger partial charge in [0.2, 0.25) is 0 Å². The first-order valence-corrected chi connectivity index (χ1v) is 9.08. The fourth-order valence-corrected chi connectivity index (χ4v) is 3.46. The molecule has 2 aromatic carbocycles. The van der Waals surface area contributed by atoms with E-state index in [1.165, 1.54) is 20.3 Å². The second-order valence-electron chi connectivity index (χ2n) is 6.31. The van der Waals surface area contributed by atoms with Crippen LogP contribution in [0.4, 0.5) is 4.39 Å². The summed E-state index contributed by atoms with van der Waals surface area (Å²) in [4.78, 5) is 16.9. The number of benzene rings is 2. The minimum atomic E-state index is -0.306. The van der Waals surface area contributed by atoms with E-state index >= 15 is 0 Å². The summed E-state index contributed by atoms with van der Waals surface area (Å²) in [6.07, 6.45) is 0. The number of hydrogen-bond acceptors (Lipinski definition) is 4. The van der Waals surface area contributed by atoms with Crippen LogP contribution in [-0.2, 0) is 6.54 Å². The second kappa shape index (κ2) is 8.59. The maximum absolute atomic E-state index is 14.0. The van der Waals surface area contributed by atoms with Gasteiger partial charge in [-0.05, 0) is 24.3 Å². The summed E-state index contributed by atoms with van der Waals surface area (Å²) in [6, 6.07) is 9.96. The Balaban J connectivity index is 1.68. The average Bonchev–Trinajstić information content (AvgIpc) is 2.70. The van der Waals surface area contributed by atoms with Gasteiger partial charge < -0.3 is 14.4 Å². The summed E-state index contributed by atoms with van der Waals surface area (Å²) >= 11 is 6.12. The third kappa shape index (κ3) is 4.17. The Kier molecular flexibility index (Phi) is 6.19. The highest BCUT2D eigenvalue weighted by atomic mass is 35.5. The summed E-state index contributed by atoms with van der Waals surface area (Å²) in [5.74, 6) is 0.535. The van der Waals surface area contributed by atoms with Crippen LogP contribution in [0.3, 0.4) is 0 Å². The Morgan fingerprint density at radius 1 is 1.04 bits per heavy atom. The Morgan fingerprint density at radius 2 is 1.63 bits per heavy atom. The Hall–Kier alpha value is -2.31. The molecule has 0 bridgehead atoms. The lowest BCUT2D eigenvalue weighted by atomic mass is 10.1. The number of carbonyl (C=O) groups excluding carboxylic acids is 1. The molecule has 0 unspecified atom stereocenters. The summed E-state index contributed by atoms with van der Waals surface area (Å²) < 4.78 is 24.7. The number of halogens is 2. The Bertz CT molecular complexity index is 780. The quantitative estimate of drug-likeness (QED) is 0.781. The molecule has 0 radical (unpaired) electrons. The summed E-state index contributed by atoms with van der Waals surface area (Å²) in [5, 5.41) is 0.423. The van der Waals surface area contributed by atoms with Crippen LogP contribution in [0.2, 0.25) is 5.02 Å². The van der Waals surface area contributed by atoms with Crippen molar-refractivity contribution < 1.29 is 18.7 Å². The van der Waals surface area contributed by atoms with Crippen molar-refractivity contribution in [3.8, 4) is 11.5 Å². The molecule has 1 aliphatic rings. The smallest absolute Gasteiger partial charge is 0.261 e. The van der Waals surface area contributed by atoms with Crippen molar-refractivity contribution in [1.29, 1.82) is 0 Å². The van der Waals surface area contributed by atoms with Crippen molar-refractivity contribution in [2.75, 3.05) is 40.4 Å². The van der Waals surface area contributed by atoms with Crippen LogP contribution in [0.15, 0.2) is 36.4 Å². The van der Waals surface area contributed by atoms with E-state index in [9.17, 15) is 9.18 Å². The van der Waals surface area contributed by atoms with E-state index in [1.807, 2.05) is 0 Å². The zero-order valence-corrected chi connectivity index (χ0v) is 16.1. The maximum Gasteiger partial charge on any atom is 0.261 e. The summed E-state index contributed by atoms with van der Waals surface area (Å²) in [5.41, 5.74) is 0.915. The van der Waals surface area contributed by atoms with E-state index in [-0.39, 0.29) is 11.7 Å². The van der Waals surface area contributed by atoms with Gasteiger partial charge >= 0.3 is 0 Å². The molecular formula is C20H22ClFN2O3. The standard InChI is InChI=1S/C20H22ClFN2O3/c1-26-17-7-4-8-18(27-2)19(17)20(25)24-11-9-23(10-12-24)13-14-15(21)5-3-6-16(14)22/h3-8H,9-13H2,1-2H3. The van der Waals surface area contributed by atoms with Gasteiger partial charge in [-0.15, -0.1) is 0 Å². The lowest BCUT2D eigenvalue weighted by molar-refractivity contribution is 0.0620. The number of ether oxygens (including phenoxy) is 2. The minimum absolute atomic E-state index is 0.132. The number of methoxy groups -OCH3 is 2. The number of amides is 1. The Morgan fingerprint density at radius 3 is 2.19 bits per heavy atom. The van der Waals surface area contributed by atoms with Crippen LogP contribution in [0.5, 0.6) is 11.5 Å². The van der Waals surface area contributed by atoms with E-state index in [1.54, 1.807) is 35.2 Å². The highest BCUT2D eigenvalue weighted by Gasteiger charge is 2.27. The topological polar surface area (TPSA) is 42.0 Å². The van der Waals surface area contributed by atoms with Crippen molar-refractivity contribution in [3.05, 3.63) is 58.4 Å². The van der Waals surface area contributed by atoms with Crippen molar-refractivity contribution in [3.63, 3.8) is 0 Å². The highest BCUT2D eigenvalue weighted by molar-refractivity contribution is 6.31. The maximum atomic E-state index is 14.0. The molecule has 1 fully saturated rings. The van der Waals surface area contributed by atoms with Crippen LogP contribution in [0.25, 0.3) is 0 Å². The molecule has 2 aromatic rings. The lowest BCUT2D eigenvalue weighted by Gasteiger charge is -2.35. The third-order valence-electron chi connectivity index (χ3n) is 4.74. The predicted molar refractivity (Wildman–Crippen MR) is 102 cm³/mol. The molecule has 3 rings (SSSR count). The van der Waals surface area contributed by atoms with Gasteiger partial charge in [0.05, 0.1) is 14.2 Å². The summed E-state index contributed by atoms with van der Waals surface area (Å²) in [6.45, 7) is 2.76. The number of piperazine rings is 1. The molecular weight excluding hydrogens is 371 g/mol. The van der Waals surface area contributed by atoms with Gasteiger partial charge in [-0.1, -0.05) is 23.7 Å². The number of hydrogen-bond donors (Lipinski definition) is 0. The van der Waals surface area contributed by atoms with E-state index in [4.69, 9.17) is 21.1 Å². The van der Waals surface area contributed by atoms with Crippen molar-refractivity contribution in [2.45, 2.75) is 6.54 Å². The molecule has 27 heavy (non-hydrogen) atoms. The van der Waals surface area contributed by atoms with Gasteiger partial charge in [0.1, 0.15) is 22.9 Å². The zero-order valence-electron chi connectivity index (χ0n) is 15.4. The predicted octanol–water partition coefficient (Wildman–Crippen LogP) is 3.45. The normalized spacial score (nSPS) is 14.9. The van der Waals surface area contributed by atoms with E-state index in [2.05, 4.69) is 4.90 Å². The van der Waals surface area contributed by atoms with Crippen LogP contribution in [0, 0.1) is 5.82 Å². The monoisotopic (exact) mass is 392 g/mol. The van der Waals surface area contributed by atoms with Crippen LogP contribution >= 0.6 is 11.6 Å². The van der Waals surface area contributed by atoms with E-state index in [0.717, 1.165) is 0 Å². The molecule has 1 saturated heterocycles. The minimum Gasteiger partial charge on any atom is -0.496 e. The van der Waals surface area contributed by atoms with E-state index in [0.29, 0.717) is 60.4 Å². The van der Waals surface area contributed by atoms with Gasteiger partial charge in [0.15, 0.2) is 0 Å². The molecule has 5 nitrogen and oxygen atoms in total. The van der Waals surface area contributed by atoms with Crippen molar-refractivity contribution in [2.24, 2.45) is 0 Å². The SMILES string of the molecule is COc1cccc(OC)c1C(=O)N1CCN(Cc2c(F)cccc2Cl)CC1. The molecule has 0 N–H and O–H groups in total. The largest absolute Gasteiger partial charge is 0.496 e. The first-order chi connectivity index (χ1) is 13.0. The molecule has 0 saturated carbocycles. The first kappa shape index (κ1) is 19.5. The van der Waals surface area contributed by atoms with Crippen molar-refractivity contribution >= 4 is 17.5 Å². The van der Waals surface area contributed by atoms with Crippen LogP contribution < -0.4 is 9.47 Å². The Labute approximate surface area is 163 Å². The van der Waals surface area contributed by atoms with Gasteiger partial charge in [-0.2, -0.15) is 0 Å². The molecule has 0 aromatic heterocycles. The fourth-order valence-electron chi connectivity index (χ4n) is 3.24. The lowest BCUT2D eigenvalue weighted by Crippen LogP contribution is -2.48. The number of nitrogens with zero attached hydrogens (tertiary/aromatic N) is 2. The van der Waals surface area contributed by atoms with Crippen molar-refractivity contribution in [1.82, 2.24) is 9.80 Å². The number of carbonyl (C=O) groups is 1. The molecule has 144 valence electrons. The van der Waals surface area contributed by atoms with Gasteiger partial charge in [-0.25, -0.2) is 4.39 Å². The zero-order chi connectivity index (χ0) is 19.4. The van der Waals surface area contributed by atoms with Gasteiger partial charge in [-0.3, -0.25) is 9.69 Å². The average molecular weight is 393 g/mol. The molecule has 1 aliphatic heterocycles. The molecule has 0 atom stereocenters. The highest BCUT2D eigenvalue weighted by Crippen LogP contribution is 2.30. The van der Waals surface area contributed by atoms with Gasteiger partial charge in [0.25, 0.3) is 5.91 Å². The fraction of sp³-hybridized carbons (Fsp3) is 0.350. The molecule has 1 amide bonds. The molecule has 7 heteroatoms. The van der Waals surface area contributed by atoms with Crippen LogP contribution in [-0.4, -0.2) is 56.1 Å². The van der Waals surface area contributed by atoms with Gasteiger partial charge in [0, 0.05) is 43.3 Å². The van der Waals surface area contributed by atoms with E-state index < -0.39 is 0 Å². The molecule has 0 aliphatic carbocycles. The first-order valence-electron chi connectivity index (χ1n) is 8.70. The molecule has 0 spiro atoms.